The molecule has 7 heteroatoms. The minimum atomic E-state index is -0.698. The summed E-state index contributed by atoms with van der Waals surface area (Å²) in [6, 6.07) is 11.1. The molecule has 136 valence electrons. The first kappa shape index (κ1) is 18.7. The van der Waals surface area contributed by atoms with Crippen molar-refractivity contribution >= 4 is 34.9 Å². The third-order valence-electron chi connectivity index (χ3n) is 4.10. The average Bonchev–Trinajstić information content (AvgIpc) is 2.95. The molecule has 2 aromatic heterocycles. The molecule has 26 heavy (non-hydrogen) atoms. The number of hydrogen-bond acceptors (Lipinski definition) is 3. The Morgan fingerprint density at radius 1 is 1.35 bits per heavy atom. The predicted molar refractivity (Wildman–Crippen MR) is 103 cm³/mol. The van der Waals surface area contributed by atoms with E-state index >= 15 is 0 Å². The summed E-state index contributed by atoms with van der Waals surface area (Å²) in [6.45, 7) is 4.20. The van der Waals surface area contributed by atoms with Crippen molar-refractivity contribution in [3.63, 3.8) is 0 Å². The largest absolute Gasteiger partial charge is 0.330 e. The Labute approximate surface area is 161 Å². The van der Waals surface area contributed by atoms with Crippen LogP contribution in [0.25, 0.3) is 5.65 Å². The summed E-state index contributed by atoms with van der Waals surface area (Å²) < 4.78 is 15.9. The van der Waals surface area contributed by atoms with Crippen molar-refractivity contribution in [3.8, 4) is 0 Å². The van der Waals surface area contributed by atoms with Gasteiger partial charge in [-0.05, 0) is 49.9 Å². The van der Waals surface area contributed by atoms with E-state index in [2.05, 4.69) is 4.98 Å². The van der Waals surface area contributed by atoms with Gasteiger partial charge in [0, 0.05) is 23.7 Å². The Bertz CT molecular complexity index is 957. The van der Waals surface area contributed by atoms with E-state index in [1.165, 1.54) is 10.6 Å². The number of benzene rings is 1. The topological polar surface area (TPSA) is 37.6 Å². The maximum atomic E-state index is 14.7. The van der Waals surface area contributed by atoms with E-state index < -0.39 is 11.9 Å². The molecule has 0 radical (unpaired) electrons. The highest BCUT2D eigenvalue weighted by atomic mass is 35.5. The number of pyridine rings is 1. The van der Waals surface area contributed by atoms with Gasteiger partial charge in [-0.2, -0.15) is 4.39 Å². The van der Waals surface area contributed by atoms with Gasteiger partial charge in [0.25, 0.3) is 5.91 Å². The van der Waals surface area contributed by atoms with E-state index in [9.17, 15) is 9.18 Å². The fraction of sp³-hybridized carbons (Fsp3) is 0.263. The Hall–Kier alpha value is -2.05. The number of rotatable bonds is 5. The lowest BCUT2D eigenvalue weighted by atomic mass is 10.1. The lowest BCUT2D eigenvalue weighted by Gasteiger charge is -2.26. The normalized spacial score (nSPS) is 11.3. The number of amides is 1. The molecule has 4 nitrogen and oxygen atoms in total. The van der Waals surface area contributed by atoms with Gasteiger partial charge < -0.3 is 4.90 Å². The first-order valence-corrected chi connectivity index (χ1v) is 9.78. The van der Waals surface area contributed by atoms with Crippen LogP contribution in [0.5, 0.6) is 0 Å². The van der Waals surface area contributed by atoms with Crippen molar-refractivity contribution in [2.75, 3.05) is 6.26 Å². The molecule has 0 atom stereocenters. The third kappa shape index (κ3) is 3.71. The summed E-state index contributed by atoms with van der Waals surface area (Å²) in [5.41, 5.74) is 1.15. The van der Waals surface area contributed by atoms with Crippen LogP contribution in [-0.2, 0) is 6.54 Å². The van der Waals surface area contributed by atoms with Crippen molar-refractivity contribution < 1.29 is 9.18 Å². The van der Waals surface area contributed by atoms with Crippen LogP contribution in [0.15, 0.2) is 47.5 Å². The maximum absolute atomic E-state index is 14.7. The molecule has 0 saturated heterocycles. The number of fused-ring (bicyclic) bond motifs is 1. The van der Waals surface area contributed by atoms with Gasteiger partial charge in [-0.1, -0.05) is 23.7 Å². The maximum Gasteiger partial charge on any atom is 0.277 e. The van der Waals surface area contributed by atoms with E-state index in [1.807, 2.05) is 44.4 Å². The second kappa shape index (κ2) is 7.68. The fourth-order valence-electron chi connectivity index (χ4n) is 2.72. The molecule has 0 bridgehead atoms. The summed E-state index contributed by atoms with van der Waals surface area (Å²) in [6.07, 6.45) is 3.42. The van der Waals surface area contributed by atoms with Gasteiger partial charge >= 0.3 is 0 Å². The zero-order chi connectivity index (χ0) is 18.8. The Balaban J connectivity index is 1.95. The highest BCUT2D eigenvalue weighted by Crippen LogP contribution is 2.21. The molecule has 0 unspecified atom stereocenters. The fourth-order valence-corrected chi connectivity index (χ4v) is 3.36. The van der Waals surface area contributed by atoms with Crippen LogP contribution in [0.2, 0.25) is 5.02 Å². The van der Waals surface area contributed by atoms with Gasteiger partial charge in [-0.25, -0.2) is 4.98 Å². The second-order valence-electron chi connectivity index (χ2n) is 6.21. The molecule has 0 aliphatic carbocycles. The SMILES string of the molecule is CSc1cccc(CN(C(=O)c2nc3ccc(Cl)cn3c2F)C(C)C)c1. The molecule has 0 fully saturated rings. The van der Waals surface area contributed by atoms with E-state index in [-0.39, 0.29) is 11.7 Å². The molecule has 3 rings (SSSR count). The number of aromatic nitrogens is 2. The molecule has 0 spiro atoms. The zero-order valence-corrected chi connectivity index (χ0v) is 16.3. The lowest BCUT2D eigenvalue weighted by Crippen LogP contribution is -2.37. The molecule has 1 amide bonds. The predicted octanol–water partition coefficient (Wildman–Crippen LogP) is 4.90. The van der Waals surface area contributed by atoms with Gasteiger partial charge in [0.15, 0.2) is 5.69 Å². The van der Waals surface area contributed by atoms with Crippen LogP contribution >= 0.6 is 23.4 Å². The van der Waals surface area contributed by atoms with Crippen molar-refractivity contribution in [1.29, 1.82) is 0 Å². The summed E-state index contributed by atoms with van der Waals surface area (Å²) in [5, 5.41) is 0.377. The number of halogens is 2. The van der Waals surface area contributed by atoms with Gasteiger partial charge in [0.1, 0.15) is 5.65 Å². The van der Waals surface area contributed by atoms with Gasteiger partial charge in [0.2, 0.25) is 5.95 Å². The number of carbonyl (C=O) groups excluding carboxylic acids is 1. The van der Waals surface area contributed by atoms with Crippen molar-refractivity contribution in [3.05, 3.63) is 64.8 Å². The molecule has 3 aromatic rings. The quantitative estimate of drug-likeness (QED) is 0.580. The van der Waals surface area contributed by atoms with E-state index in [4.69, 9.17) is 11.6 Å². The smallest absolute Gasteiger partial charge is 0.277 e. The monoisotopic (exact) mass is 391 g/mol. The molecule has 1 aromatic carbocycles. The van der Waals surface area contributed by atoms with Crippen molar-refractivity contribution in [2.24, 2.45) is 0 Å². The molecular formula is C19H19ClFN3OS. The summed E-state index contributed by atoms with van der Waals surface area (Å²) >= 11 is 7.55. The van der Waals surface area contributed by atoms with Gasteiger partial charge in [0.05, 0.1) is 5.02 Å². The number of nitrogens with zero attached hydrogens (tertiary/aromatic N) is 3. The van der Waals surface area contributed by atoms with Gasteiger partial charge in [-0.15, -0.1) is 11.8 Å². The van der Waals surface area contributed by atoms with Crippen LogP contribution in [0, 0.1) is 5.95 Å². The van der Waals surface area contributed by atoms with Crippen LogP contribution in [0.1, 0.15) is 29.9 Å². The summed E-state index contributed by atoms with van der Waals surface area (Å²) in [7, 11) is 0. The van der Waals surface area contributed by atoms with Crippen LogP contribution < -0.4 is 0 Å². The Morgan fingerprint density at radius 2 is 2.12 bits per heavy atom. The first-order chi connectivity index (χ1) is 12.4. The third-order valence-corrected chi connectivity index (χ3v) is 5.05. The van der Waals surface area contributed by atoms with Crippen LogP contribution in [0.3, 0.4) is 0 Å². The lowest BCUT2D eigenvalue weighted by molar-refractivity contribution is 0.0679. The van der Waals surface area contributed by atoms with Crippen LogP contribution in [-0.4, -0.2) is 32.5 Å². The van der Waals surface area contributed by atoms with Crippen molar-refractivity contribution in [2.45, 2.75) is 31.3 Å². The van der Waals surface area contributed by atoms with Crippen LogP contribution in [0.4, 0.5) is 4.39 Å². The number of thioether (sulfide) groups is 1. The minimum Gasteiger partial charge on any atom is -0.330 e. The van der Waals surface area contributed by atoms with Crippen molar-refractivity contribution in [1.82, 2.24) is 14.3 Å². The second-order valence-corrected chi connectivity index (χ2v) is 7.52. The molecule has 2 heterocycles. The zero-order valence-electron chi connectivity index (χ0n) is 14.7. The summed E-state index contributed by atoms with van der Waals surface area (Å²) in [5.74, 6) is -1.14. The molecule has 0 N–H and O–H groups in total. The highest BCUT2D eigenvalue weighted by molar-refractivity contribution is 7.98. The molecule has 0 aliphatic rings. The summed E-state index contributed by atoms with van der Waals surface area (Å²) in [4.78, 5) is 19.9. The number of carbonyl (C=O) groups is 1. The molecular weight excluding hydrogens is 373 g/mol. The first-order valence-electron chi connectivity index (χ1n) is 8.17. The Morgan fingerprint density at radius 3 is 2.81 bits per heavy atom. The van der Waals surface area contributed by atoms with E-state index in [0.717, 1.165) is 10.5 Å². The standard InChI is InChI=1S/C19H19ClFN3OS/c1-12(2)23(10-13-5-4-6-15(9-13)26-3)19(25)17-18(21)24-11-14(20)7-8-16(24)22-17/h4-9,11-12H,10H2,1-3H3. The molecule has 0 aliphatic heterocycles. The van der Waals surface area contributed by atoms with E-state index in [1.54, 1.807) is 28.8 Å². The average molecular weight is 392 g/mol. The van der Waals surface area contributed by atoms with E-state index in [0.29, 0.717) is 17.2 Å². The minimum absolute atomic E-state index is 0.103. The van der Waals surface area contributed by atoms with Gasteiger partial charge in [-0.3, -0.25) is 9.20 Å². The highest BCUT2D eigenvalue weighted by Gasteiger charge is 2.26. The number of hydrogen-bond donors (Lipinski definition) is 0. The number of imidazole rings is 1. The molecule has 0 saturated carbocycles. The Kier molecular flexibility index (Phi) is 5.53.